The number of aromatic amines is 1. The molecule has 26 heavy (non-hydrogen) atoms. The number of halogens is 1. The van der Waals surface area contributed by atoms with Crippen LogP contribution in [0.25, 0.3) is 16.6 Å². The molecule has 2 aromatic heterocycles. The number of pyridine rings is 1. The summed E-state index contributed by atoms with van der Waals surface area (Å²) in [4.78, 5) is 7.65. The molecule has 6 heteroatoms. The number of sulfone groups is 1. The summed E-state index contributed by atoms with van der Waals surface area (Å²) < 4.78 is 36.9. The van der Waals surface area contributed by atoms with E-state index in [1.54, 1.807) is 12.1 Å². The molecule has 4 rings (SSSR count). The highest BCUT2D eigenvalue weighted by Gasteiger charge is 2.19. The zero-order chi connectivity index (χ0) is 18.3. The second-order valence-electron chi connectivity index (χ2n) is 6.84. The average molecular weight is 370 g/mol. The predicted molar refractivity (Wildman–Crippen MR) is 100 cm³/mol. The van der Waals surface area contributed by atoms with Crippen molar-refractivity contribution in [2.45, 2.75) is 24.2 Å². The smallest absolute Gasteiger partial charge is 0.175 e. The lowest BCUT2D eigenvalue weighted by molar-refractivity contribution is 0.388. The van der Waals surface area contributed by atoms with E-state index >= 15 is 0 Å². The third kappa shape index (κ3) is 3.29. The van der Waals surface area contributed by atoms with Gasteiger partial charge in [-0.05, 0) is 48.6 Å². The van der Waals surface area contributed by atoms with Crippen LogP contribution in [-0.4, -0.2) is 24.6 Å². The SMILES string of the molecule is CS(=O)(=O)c1ccc(C(=CC2CCC2)c2cc3cc(F)cnc3[nH]2)cc1. The van der Waals surface area contributed by atoms with E-state index in [2.05, 4.69) is 16.0 Å². The largest absolute Gasteiger partial charge is 0.339 e. The summed E-state index contributed by atoms with van der Waals surface area (Å²) in [6.45, 7) is 0. The predicted octanol–water partition coefficient (Wildman–Crippen LogP) is 4.34. The van der Waals surface area contributed by atoms with Gasteiger partial charge in [0.25, 0.3) is 0 Å². The fourth-order valence-electron chi connectivity index (χ4n) is 3.20. The molecule has 1 aliphatic carbocycles. The number of nitrogens with one attached hydrogen (secondary N) is 1. The second kappa shape index (κ2) is 6.36. The molecule has 0 saturated heterocycles. The lowest BCUT2D eigenvalue weighted by Gasteiger charge is -2.23. The first-order chi connectivity index (χ1) is 12.4. The summed E-state index contributed by atoms with van der Waals surface area (Å²) in [5, 5.41) is 0.715. The van der Waals surface area contributed by atoms with E-state index in [4.69, 9.17) is 0 Å². The van der Waals surface area contributed by atoms with Gasteiger partial charge in [0.1, 0.15) is 11.5 Å². The van der Waals surface area contributed by atoms with E-state index in [1.807, 2.05) is 18.2 Å². The highest BCUT2D eigenvalue weighted by atomic mass is 32.2. The number of allylic oxidation sites excluding steroid dienone is 1. The van der Waals surface area contributed by atoms with E-state index in [1.165, 1.54) is 24.9 Å². The van der Waals surface area contributed by atoms with Crippen molar-refractivity contribution in [1.82, 2.24) is 9.97 Å². The Morgan fingerprint density at radius 2 is 1.96 bits per heavy atom. The standard InChI is InChI=1S/C20H19FN2O2S/c1-26(24,25)17-7-5-14(6-8-17)18(9-13-3-2-4-13)19-11-15-10-16(21)12-22-20(15)23-19/h5-13H,2-4H2,1H3,(H,22,23). The van der Waals surface area contributed by atoms with Gasteiger partial charge in [-0.15, -0.1) is 0 Å². The van der Waals surface area contributed by atoms with Crippen molar-refractivity contribution < 1.29 is 12.8 Å². The van der Waals surface area contributed by atoms with Gasteiger partial charge in [0.15, 0.2) is 9.84 Å². The van der Waals surface area contributed by atoms with Gasteiger partial charge in [0.2, 0.25) is 0 Å². The molecule has 2 heterocycles. The van der Waals surface area contributed by atoms with Crippen molar-refractivity contribution in [3.8, 4) is 0 Å². The number of fused-ring (bicyclic) bond motifs is 1. The number of aromatic nitrogens is 2. The molecule has 1 saturated carbocycles. The van der Waals surface area contributed by atoms with Crippen molar-refractivity contribution in [2.75, 3.05) is 6.26 Å². The van der Waals surface area contributed by atoms with Crippen LogP contribution in [0.15, 0.2) is 53.6 Å². The summed E-state index contributed by atoms with van der Waals surface area (Å²) in [6.07, 6.45) is 8.14. The normalized spacial score (nSPS) is 16.0. The molecule has 0 atom stereocenters. The van der Waals surface area contributed by atoms with Crippen LogP contribution in [-0.2, 0) is 9.84 Å². The van der Waals surface area contributed by atoms with Crippen LogP contribution in [0.2, 0.25) is 0 Å². The zero-order valence-electron chi connectivity index (χ0n) is 14.4. The maximum atomic E-state index is 13.5. The topological polar surface area (TPSA) is 62.8 Å². The van der Waals surface area contributed by atoms with Crippen LogP contribution in [0.1, 0.15) is 30.5 Å². The molecular formula is C20H19FN2O2S. The summed E-state index contributed by atoms with van der Waals surface area (Å²) >= 11 is 0. The maximum Gasteiger partial charge on any atom is 0.175 e. The Bertz CT molecular complexity index is 1090. The number of nitrogens with zero attached hydrogens (tertiary/aromatic N) is 1. The van der Waals surface area contributed by atoms with Gasteiger partial charge in [-0.2, -0.15) is 0 Å². The van der Waals surface area contributed by atoms with Crippen molar-refractivity contribution in [3.05, 3.63) is 65.7 Å². The molecular weight excluding hydrogens is 351 g/mol. The van der Waals surface area contributed by atoms with E-state index in [0.29, 0.717) is 21.8 Å². The van der Waals surface area contributed by atoms with Crippen LogP contribution in [0, 0.1) is 11.7 Å². The van der Waals surface area contributed by atoms with Crippen LogP contribution >= 0.6 is 0 Å². The van der Waals surface area contributed by atoms with E-state index in [9.17, 15) is 12.8 Å². The van der Waals surface area contributed by atoms with Crippen LogP contribution < -0.4 is 0 Å². The van der Waals surface area contributed by atoms with E-state index in [0.717, 1.165) is 29.7 Å². The van der Waals surface area contributed by atoms with Crippen molar-refractivity contribution in [3.63, 3.8) is 0 Å². The minimum Gasteiger partial charge on any atom is -0.339 e. The Morgan fingerprint density at radius 3 is 2.58 bits per heavy atom. The number of benzene rings is 1. The summed E-state index contributed by atoms with van der Waals surface area (Å²) in [5.74, 6) is 0.140. The molecule has 3 aromatic rings. The number of hydrogen-bond donors (Lipinski definition) is 1. The average Bonchev–Trinajstić information content (AvgIpc) is 2.96. The first-order valence-electron chi connectivity index (χ1n) is 8.57. The summed E-state index contributed by atoms with van der Waals surface area (Å²) in [7, 11) is -3.23. The summed E-state index contributed by atoms with van der Waals surface area (Å²) in [5.41, 5.74) is 3.41. The summed E-state index contributed by atoms with van der Waals surface area (Å²) in [6, 6.07) is 10.2. The Kier molecular flexibility index (Phi) is 4.15. The highest BCUT2D eigenvalue weighted by Crippen LogP contribution is 2.34. The van der Waals surface area contributed by atoms with Crippen LogP contribution in [0.5, 0.6) is 0 Å². The lowest BCUT2D eigenvalue weighted by atomic mass is 9.82. The molecule has 4 nitrogen and oxygen atoms in total. The molecule has 0 spiro atoms. The Hall–Kier alpha value is -2.47. The van der Waals surface area contributed by atoms with Gasteiger partial charge in [0, 0.05) is 22.9 Å². The van der Waals surface area contributed by atoms with Crippen molar-refractivity contribution in [1.29, 1.82) is 0 Å². The molecule has 0 bridgehead atoms. The molecule has 134 valence electrons. The number of rotatable bonds is 4. The highest BCUT2D eigenvalue weighted by molar-refractivity contribution is 7.90. The van der Waals surface area contributed by atoms with E-state index in [-0.39, 0.29) is 5.82 Å². The first kappa shape index (κ1) is 17.0. The molecule has 0 radical (unpaired) electrons. The van der Waals surface area contributed by atoms with Gasteiger partial charge in [-0.1, -0.05) is 24.6 Å². The molecule has 0 unspecified atom stereocenters. The minimum absolute atomic E-state index is 0.296. The maximum absolute atomic E-state index is 13.5. The fourth-order valence-corrected chi connectivity index (χ4v) is 3.83. The lowest BCUT2D eigenvalue weighted by Crippen LogP contribution is -2.08. The molecule has 0 amide bonds. The Labute approximate surface area is 151 Å². The minimum atomic E-state index is -3.23. The second-order valence-corrected chi connectivity index (χ2v) is 8.86. The molecule has 1 aliphatic rings. The van der Waals surface area contributed by atoms with E-state index < -0.39 is 9.84 Å². The van der Waals surface area contributed by atoms with Gasteiger partial charge in [-0.3, -0.25) is 0 Å². The molecule has 1 aromatic carbocycles. The monoisotopic (exact) mass is 370 g/mol. The Balaban J connectivity index is 1.80. The fraction of sp³-hybridized carbons (Fsp3) is 0.250. The molecule has 1 N–H and O–H groups in total. The van der Waals surface area contributed by atoms with Crippen molar-refractivity contribution >= 4 is 26.4 Å². The zero-order valence-corrected chi connectivity index (χ0v) is 15.2. The van der Waals surface area contributed by atoms with Gasteiger partial charge in [-0.25, -0.2) is 17.8 Å². The third-order valence-electron chi connectivity index (χ3n) is 4.87. The first-order valence-corrected chi connectivity index (χ1v) is 10.5. The molecule has 1 fully saturated rings. The van der Waals surface area contributed by atoms with Gasteiger partial charge >= 0.3 is 0 Å². The van der Waals surface area contributed by atoms with Crippen LogP contribution in [0.3, 0.4) is 0 Å². The van der Waals surface area contributed by atoms with Gasteiger partial charge < -0.3 is 4.98 Å². The van der Waals surface area contributed by atoms with Gasteiger partial charge in [0.05, 0.1) is 11.1 Å². The van der Waals surface area contributed by atoms with Crippen LogP contribution in [0.4, 0.5) is 4.39 Å². The Morgan fingerprint density at radius 1 is 1.23 bits per heavy atom. The number of hydrogen-bond acceptors (Lipinski definition) is 3. The molecule has 0 aliphatic heterocycles. The van der Waals surface area contributed by atoms with Crippen molar-refractivity contribution in [2.24, 2.45) is 5.92 Å². The third-order valence-corrected chi connectivity index (χ3v) is 6.00. The number of H-pyrrole nitrogens is 1. The quantitative estimate of drug-likeness (QED) is 0.743.